The predicted octanol–water partition coefficient (Wildman–Crippen LogP) is -2.33. The SMILES string of the molecule is CC(C)C[C@H](NC(=O)[C@H](CCCCN)NC(=O)[C@H](CCC(N)=O)NC(=O)[C@@H](N)Cc1cnc[nH]1)C(=O)N[C@H](C(=O)N[C@@H](Cc1ccccc1)C(=O)N[C@@H](Cc1ccccc1)C(=O)N[C@@H](C)C(=O)N[C@@H](CCC(=O)O)C(=O)N[C@@H](CC(=O)O)C(=O)O)C(C)C. The highest BCUT2D eigenvalue weighted by molar-refractivity contribution is 5.99. The third-order valence-electron chi connectivity index (χ3n) is 13.7. The number of primary amides is 1. The quantitative estimate of drug-likeness (QED) is 0.0266. The Morgan fingerprint density at radius 1 is 0.500 bits per heavy atom. The number of H-pyrrole nitrogens is 1. The van der Waals surface area contributed by atoms with Crippen molar-refractivity contribution in [1.82, 2.24) is 57.8 Å². The summed E-state index contributed by atoms with van der Waals surface area (Å²) in [6.07, 6.45) is 0.532. The van der Waals surface area contributed by atoms with Crippen LogP contribution in [0, 0.1) is 11.8 Å². The zero-order valence-electron chi connectivity index (χ0n) is 49.9. The van der Waals surface area contributed by atoms with Gasteiger partial charge in [-0.2, -0.15) is 0 Å². The monoisotopic (exact) mass is 1230 g/mol. The smallest absolute Gasteiger partial charge is 0.326 e. The molecule has 0 aliphatic heterocycles. The molecule has 1 aromatic heterocycles. The summed E-state index contributed by atoms with van der Waals surface area (Å²) in [4.78, 5) is 179. The van der Waals surface area contributed by atoms with E-state index in [-0.39, 0.29) is 57.4 Å². The van der Waals surface area contributed by atoms with Crippen LogP contribution < -0.4 is 65.1 Å². The molecule has 3 rings (SSSR count). The minimum atomic E-state index is -1.94. The van der Waals surface area contributed by atoms with Gasteiger partial charge in [0.1, 0.15) is 54.4 Å². The third kappa shape index (κ3) is 26.5. The number of rotatable bonds is 40. The van der Waals surface area contributed by atoms with E-state index in [1.165, 1.54) is 19.4 Å². The van der Waals surface area contributed by atoms with Crippen LogP contribution in [0.15, 0.2) is 73.2 Å². The largest absolute Gasteiger partial charge is 0.481 e. The molecular formula is C58H84N14O16. The van der Waals surface area contributed by atoms with E-state index in [1.54, 1.807) is 88.4 Å². The van der Waals surface area contributed by atoms with Crippen LogP contribution in [0.1, 0.15) is 109 Å². The van der Waals surface area contributed by atoms with Crippen LogP contribution in [0.5, 0.6) is 0 Å². The molecule has 2 aromatic carbocycles. The van der Waals surface area contributed by atoms with Crippen molar-refractivity contribution in [1.29, 1.82) is 0 Å². The first-order valence-electron chi connectivity index (χ1n) is 28.8. The van der Waals surface area contributed by atoms with Gasteiger partial charge in [-0.25, -0.2) is 9.78 Å². The molecule has 30 nitrogen and oxygen atoms in total. The number of carboxylic acid groups (broad SMARTS) is 3. The Kier molecular flexibility index (Phi) is 30.9. The van der Waals surface area contributed by atoms with E-state index < -0.39 is 163 Å². The Labute approximate surface area is 508 Å². The van der Waals surface area contributed by atoms with Crippen LogP contribution in [0.25, 0.3) is 0 Å². The highest BCUT2D eigenvalue weighted by Gasteiger charge is 2.37. The number of unbranched alkanes of at least 4 members (excludes halogenated alkanes) is 1. The Morgan fingerprint density at radius 3 is 1.43 bits per heavy atom. The van der Waals surface area contributed by atoms with E-state index in [4.69, 9.17) is 22.3 Å². The number of aliphatic carboxylic acids is 3. The zero-order valence-corrected chi connectivity index (χ0v) is 49.9. The minimum absolute atomic E-state index is 0.0259. The highest BCUT2D eigenvalue weighted by Crippen LogP contribution is 2.14. The van der Waals surface area contributed by atoms with Gasteiger partial charge in [0, 0.05) is 44.0 Å². The van der Waals surface area contributed by atoms with Crippen molar-refractivity contribution in [3.8, 4) is 0 Å². The molecule has 0 fully saturated rings. The molecule has 88 heavy (non-hydrogen) atoms. The average Bonchev–Trinajstić information content (AvgIpc) is 3.58. The number of hydrogen-bond donors (Lipinski definition) is 16. The normalized spacial score (nSPS) is 14.5. The number of hydrogen-bond acceptors (Lipinski definition) is 16. The first kappa shape index (κ1) is 72.9. The number of carboxylic acids is 3. The molecule has 1 heterocycles. The van der Waals surface area contributed by atoms with Crippen LogP contribution in [0.2, 0.25) is 0 Å². The van der Waals surface area contributed by atoms with Crippen molar-refractivity contribution in [2.75, 3.05) is 6.54 Å². The number of aromatic amines is 1. The molecule has 3 aromatic rings. The van der Waals surface area contributed by atoms with Gasteiger partial charge in [-0.1, -0.05) is 88.4 Å². The molecular weight excluding hydrogens is 1150 g/mol. The van der Waals surface area contributed by atoms with E-state index in [0.717, 1.165) is 0 Å². The Hall–Kier alpha value is -9.32. The van der Waals surface area contributed by atoms with Gasteiger partial charge < -0.3 is 85.4 Å². The second-order valence-corrected chi connectivity index (χ2v) is 21.9. The number of carbonyl (C=O) groups excluding carboxylic acids is 10. The summed E-state index contributed by atoms with van der Waals surface area (Å²) < 4.78 is 0. The molecule has 0 aliphatic rings. The lowest BCUT2D eigenvalue weighted by Crippen LogP contribution is -2.61. The van der Waals surface area contributed by atoms with E-state index in [9.17, 15) is 72.5 Å². The number of aromatic nitrogens is 2. The summed E-state index contributed by atoms with van der Waals surface area (Å²) in [7, 11) is 0. The number of nitrogens with one attached hydrogen (secondary N) is 10. The molecule has 482 valence electrons. The second-order valence-electron chi connectivity index (χ2n) is 21.9. The van der Waals surface area contributed by atoms with E-state index in [2.05, 4.69) is 52.5 Å². The number of benzene rings is 2. The summed E-state index contributed by atoms with van der Waals surface area (Å²) in [5.41, 5.74) is 18.9. The predicted molar refractivity (Wildman–Crippen MR) is 316 cm³/mol. The van der Waals surface area contributed by atoms with Crippen LogP contribution in [-0.2, 0) is 81.6 Å². The van der Waals surface area contributed by atoms with Gasteiger partial charge in [0.15, 0.2) is 0 Å². The van der Waals surface area contributed by atoms with Crippen molar-refractivity contribution in [2.45, 2.75) is 172 Å². The fraction of sp³-hybridized carbons (Fsp3) is 0.517. The lowest BCUT2D eigenvalue weighted by atomic mass is 9.98. The first-order chi connectivity index (χ1) is 41.6. The van der Waals surface area contributed by atoms with Gasteiger partial charge in [0.2, 0.25) is 59.1 Å². The summed E-state index contributed by atoms with van der Waals surface area (Å²) in [6, 6.07) is 2.25. The molecule has 0 unspecified atom stereocenters. The number of carbonyl (C=O) groups is 13. The first-order valence-corrected chi connectivity index (χ1v) is 28.8. The maximum Gasteiger partial charge on any atom is 0.326 e. The molecule has 0 spiro atoms. The average molecular weight is 1230 g/mol. The van der Waals surface area contributed by atoms with E-state index in [0.29, 0.717) is 29.7 Å². The van der Waals surface area contributed by atoms with Crippen molar-refractivity contribution in [3.05, 3.63) is 90.0 Å². The molecule has 0 aliphatic carbocycles. The molecule has 0 saturated heterocycles. The highest BCUT2D eigenvalue weighted by atomic mass is 16.4. The Bertz CT molecular complexity index is 2840. The Balaban J connectivity index is 1.91. The summed E-state index contributed by atoms with van der Waals surface area (Å²) >= 11 is 0. The number of amides is 10. The van der Waals surface area contributed by atoms with Crippen LogP contribution in [0.4, 0.5) is 0 Å². The number of imidazole rings is 1. The van der Waals surface area contributed by atoms with Gasteiger partial charge in [-0.15, -0.1) is 0 Å². The lowest BCUT2D eigenvalue weighted by Gasteiger charge is -2.29. The van der Waals surface area contributed by atoms with E-state index >= 15 is 0 Å². The van der Waals surface area contributed by atoms with Gasteiger partial charge >= 0.3 is 17.9 Å². The summed E-state index contributed by atoms with van der Waals surface area (Å²) in [5, 5.41) is 50.7. The topological polar surface area (TPSA) is 498 Å². The van der Waals surface area contributed by atoms with E-state index in [1.807, 2.05) is 5.32 Å². The third-order valence-corrected chi connectivity index (χ3v) is 13.7. The lowest BCUT2D eigenvalue weighted by molar-refractivity contribution is -0.147. The second kappa shape index (κ2) is 37.3. The van der Waals surface area contributed by atoms with Gasteiger partial charge in [0.25, 0.3) is 0 Å². The van der Waals surface area contributed by atoms with Crippen molar-refractivity contribution in [2.24, 2.45) is 29.0 Å². The van der Waals surface area contributed by atoms with Gasteiger partial charge in [0.05, 0.1) is 18.8 Å². The zero-order chi connectivity index (χ0) is 65.6. The summed E-state index contributed by atoms with van der Waals surface area (Å²) in [6.45, 7) is 8.26. The molecule has 0 bridgehead atoms. The molecule has 10 amide bonds. The molecule has 19 N–H and O–H groups in total. The van der Waals surface area contributed by atoms with Gasteiger partial charge in [-0.3, -0.25) is 57.5 Å². The maximum atomic E-state index is 14.6. The minimum Gasteiger partial charge on any atom is -0.481 e. The number of nitrogens with two attached hydrogens (primary N) is 3. The Morgan fingerprint density at radius 2 is 0.955 bits per heavy atom. The molecule has 30 heteroatoms. The number of nitrogens with zero attached hydrogens (tertiary/aromatic N) is 1. The van der Waals surface area contributed by atoms with Crippen LogP contribution in [0.3, 0.4) is 0 Å². The van der Waals surface area contributed by atoms with Crippen molar-refractivity contribution >= 4 is 77.0 Å². The fourth-order valence-electron chi connectivity index (χ4n) is 8.87. The fourth-order valence-corrected chi connectivity index (χ4v) is 8.87. The molecule has 10 atom stereocenters. The molecule has 0 radical (unpaired) electrons. The van der Waals surface area contributed by atoms with Gasteiger partial charge in [-0.05, 0) is 75.0 Å². The van der Waals surface area contributed by atoms with Crippen molar-refractivity contribution < 1.29 is 77.6 Å². The summed E-state index contributed by atoms with van der Waals surface area (Å²) in [5.74, 6) is -14.5. The molecule has 0 saturated carbocycles. The van der Waals surface area contributed by atoms with Crippen LogP contribution in [-0.4, -0.2) is 169 Å². The maximum absolute atomic E-state index is 14.6. The standard InChI is InChI=1S/C58H84N14O16/c1-31(2)24-41(68-51(80)38(18-12-13-23-59)67-52(81)39(19-21-45(61)73)66-50(79)37(60)27-36-29-62-30-63-36)56(85)72-48(32(3)4)57(86)70-43(26-35-16-10-7-11-17-35)55(84)69-42(25-34-14-8-6-9-15-34)54(83)64-33(5)49(78)65-40(20-22-46(74)75)53(82)71-44(58(87)88)28-47(76)77/h6-11,14-17,29-33,37-44,48H,12-13,18-28,59-60H2,1-5H3,(H2,61,73)(H,62,63)(H,64,83)(H,65,78)(H,66,79)(H,67,81)(H,68,80)(H,69,84)(H,70,86)(H,71,82)(H,72,85)(H,74,75)(H,76,77)(H,87,88)/t33-,37-,38-,39-,40-,41-,42-,43-,44-,48-/m0/s1. The van der Waals surface area contributed by atoms with Crippen molar-refractivity contribution in [3.63, 3.8) is 0 Å². The van der Waals surface area contributed by atoms with Crippen LogP contribution >= 0.6 is 0 Å².